The summed E-state index contributed by atoms with van der Waals surface area (Å²) < 4.78 is 4.69. The van der Waals surface area contributed by atoms with Crippen LogP contribution in [0.5, 0.6) is 0 Å². The monoisotopic (exact) mass is 198 g/mol. The van der Waals surface area contributed by atoms with Gasteiger partial charge in [0.15, 0.2) is 6.29 Å². The predicted molar refractivity (Wildman–Crippen MR) is 39.6 cm³/mol. The highest BCUT2D eigenvalue weighted by Crippen LogP contribution is 2.23. The predicted octanol–water partition coefficient (Wildman–Crippen LogP) is -1.97. The van der Waals surface area contributed by atoms with Crippen molar-refractivity contribution in [2.75, 3.05) is 6.61 Å². The molecule has 0 aliphatic carbocycles. The fourth-order valence-electron chi connectivity index (χ4n) is 1.06. The van der Waals surface area contributed by atoms with Gasteiger partial charge in [0.1, 0.15) is 23.7 Å². The summed E-state index contributed by atoms with van der Waals surface area (Å²) in [6.45, 7) is -0.473. The van der Waals surface area contributed by atoms with Gasteiger partial charge in [0.05, 0.1) is 6.61 Å². The van der Waals surface area contributed by atoms with Crippen molar-refractivity contribution in [3.8, 4) is 0 Å². The highest BCUT2D eigenvalue weighted by Gasteiger charge is 2.42. The van der Waals surface area contributed by atoms with E-state index in [9.17, 15) is 10.2 Å². The van der Waals surface area contributed by atoms with Gasteiger partial charge in [-0.05, 0) is 0 Å². The first-order valence-corrected chi connectivity index (χ1v) is 3.96. The summed E-state index contributed by atoms with van der Waals surface area (Å²) in [5.41, 5.74) is 0. The van der Waals surface area contributed by atoms with Crippen LogP contribution in [0.3, 0.4) is 0 Å². The maximum Gasteiger partial charge on any atom is 0.174 e. The number of halogens is 1. The normalized spacial score (nSPS) is 49.2. The summed E-state index contributed by atoms with van der Waals surface area (Å²) in [4.78, 5) is 0. The second-order valence-corrected chi connectivity index (χ2v) is 3.18. The van der Waals surface area contributed by atoms with Crippen molar-refractivity contribution >= 4 is 11.6 Å². The van der Waals surface area contributed by atoms with Gasteiger partial charge in [-0.2, -0.15) is 0 Å². The molecule has 1 aliphatic heterocycles. The number of aliphatic hydroxyl groups excluding tert-OH is 4. The SMILES string of the molecule is OC[C@H]1OC(O)[C@H](Cl)[C@@H](O)[C@@H]1O. The van der Waals surface area contributed by atoms with E-state index in [0.29, 0.717) is 0 Å². The lowest BCUT2D eigenvalue weighted by atomic mass is 10.0. The lowest BCUT2D eigenvalue weighted by Gasteiger charge is -2.37. The first kappa shape index (κ1) is 10.2. The quantitative estimate of drug-likeness (QED) is 0.367. The van der Waals surface area contributed by atoms with Crippen LogP contribution < -0.4 is 0 Å². The molecule has 72 valence electrons. The minimum absolute atomic E-state index is 0.473. The summed E-state index contributed by atoms with van der Waals surface area (Å²) in [5, 5.41) is 35.0. The van der Waals surface area contributed by atoms with E-state index < -0.39 is 36.6 Å². The number of ether oxygens (including phenoxy) is 1. The molecule has 1 fully saturated rings. The van der Waals surface area contributed by atoms with Gasteiger partial charge >= 0.3 is 0 Å². The molecule has 0 radical (unpaired) electrons. The molecule has 1 saturated heterocycles. The van der Waals surface area contributed by atoms with Crippen molar-refractivity contribution in [1.29, 1.82) is 0 Å². The van der Waals surface area contributed by atoms with Crippen molar-refractivity contribution in [3.63, 3.8) is 0 Å². The Balaban J connectivity index is 2.63. The molecular formula is C6H11ClO5. The molecule has 1 aliphatic rings. The van der Waals surface area contributed by atoms with Crippen molar-refractivity contribution in [3.05, 3.63) is 0 Å². The van der Waals surface area contributed by atoms with E-state index in [1.165, 1.54) is 0 Å². The van der Waals surface area contributed by atoms with Crippen LogP contribution in [-0.4, -0.2) is 57.0 Å². The Morgan fingerprint density at radius 1 is 1.17 bits per heavy atom. The van der Waals surface area contributed by atoms with Crippen LogP contribution in [0, 0.1) is 0 Å². The molecule has 12 heavy (non-hydrogen) atoms. The molecule has 5 nitrogen and oxygen atoms in total. The molecule has 0 aromatic rings. The molecule has 0 spiro atoms. The molecule has 6 heteroatoms. The van der Waals surface area contributed by atoms with E-state index in [-0.39, 0.29) is 0 Å². The van der Waals surface area contributed by atoms with Crippen LogP contribution >= 0.6 is 11.6 Å². The van der Waals surface area contributed by atoms with E-state index in [0.717, 1.165) is 0 Å². The van der Waals surface area contributed by atoms with Gasteiger partial charge in [-0.3, -0.25) is 0 Å². The Hall–Kier alpha value is 0.0900. The first-order chi connectivity index (χ1) is 5.57. The van der Waals surface area contributed by atoms with Gasteiger partial charge in [0.2, 0.25) is 0 Å². The fraction of sp³-hybridized carbons (Fsp3) is 1.00. The van der Waals surface area contributed by atoms with E-state index in [2.05, 4.69) is 0 Å². The van der Waals surface area contributed by atoms with Gasteiger partial charge in [0.25, 0.3) is 0 Å². The highest BCUT2D eigenvalue weighted by molar-refractivity contribution is 6.21. The Morgan fingerprint density at radius 2 is 1.75 bits per heavy atom. The molecule has 0 saturated carbocycles. The van der Waals surface area contributed by atoms with Gasteiger partial charge in [-0.15, -0.1) is 11.6 Å². The summed E-state index contributed by atoms with van der Waals surface area (Å²) in [7, 11) is 0. The van der Waals surface area contributed by atoms with Gasteiger partial charge < -0.3 is 25.2 Å². The van der Waals surface area contributed by atoms with E-state index in [1.807, 2.05) is 0 Å². The van der Waals surface area contributed by atoms with E-state index >= 15 is 0 Å². The smallest absolute Gasteiger partial charge is 0.174 e. The van der Waals surface area contributed by atoms with Crippen molar-refractivity contribution in [2.24, 2.45) is 0 Å². The molecule has 0 aromatic carbocycles. The largest absolute Gasteiger partial charge is 0.394 e. The molecule has 1 heterocycles. The molecule has 1 rings (SSSR count). The van der Waals surface area contributed by atoms with Crippen LogP contribution in [0.25, 0.3) is 0 Å². The molecule has 1 unspecified atom stereocenters. The third kappa shape index (κ3) is 1.71. The van der Waals surface area contributed by atoms with Crippen LogP contribution in [0.4, 0.5) is 0 Å². The van der Waals surface area contributed by atoms with Crippen molar-refractivity contribution in [1.82, 2.24) is 0 Å². The first-order valence-electron chi connectivity index (χ1n) is 3.52. The standard InChI is InChI=1S/C6H11ClO5/c7-3-5(10)4(9)2(1-8)12-6(3)11/h2-6,8-11H,1H2/t2-,3-,4-,5-,6?/m1/s1. The average Bonchev–Trinajstić information content (AvgIpc) is 2.08. The summed E-state index contributed by atoms with van der Waals surface area (Å²) >= 11 is 5.47. The summed E-state index contributed by atoms with van der Waals surface area (Å²) in [5.74, 6) is 0. The van der Waals surface area contributed by atoms with Gasteiger partial charge in [-0.25, -0.2) is 0 Å². The van der Waals surface area contributed by atoms with Crippen molar-refractivity contribution < 1.29 is 25.2 Å². The zero-order valence-electron chi connectivity index (χ0n) is 6.17. The lowest BCUT2D eigenvalue weighted by molar-refractivity contribution is -0.236. The van der Waals surface area contributed by atoms with Gasteiger partial charge in [0, 0.05) is 0 Å². The molecular weight excluding hydrogens is 188 g/mol. The number of hydrogen-bond acceptors (Lipinski definition) is 5. The minimum atomic E-state index is -1.36. The topological polar surface area (TPSA) is 90.2 Å². The highest BCUT2D eigenvalue weighted by atomic mass is 35.5. The Morgan fingerprint density at radius 3 is 2.25 bits per heavy atom. The number of rotatable bonds is 1. The summed E-state index contributed by atoms with van der Waals surface area (Å²) in [6, 6.07) is 0. The molecule has 0 amide bonds. The van der Waals surface area contributed by atoms with Crippen LogP contribution in [-0.2, 0) is 4.74 Å². The third-order valence-electron chi connectivity index (χ3n) is 1.82. The maximum absolute atomic E-state index is 9.20. The van der Waals surface area contributed by atoms with E-state index in [4.69, 9.17) is 26.6 Å². The number of alkyl halides is 1. The Kier molecular flexibility index (Phi) is 3.28. The molecule has 0 bridgehead atoms. The fourth-order valence-corrected chi connectivity index (χ4v) is 1.27. The lowest BCUT2D eigenvalue weighted by Crippen LogP contribution is -2.56. The number of aliphatic hydroxyl groups is 4. The van der Waals surface area contributed by atoms with Crippen LogP contribution in [0.15, 0.2) is 0 Å². The van der Waals surface area contributed by atoms with Crippen LogP contribution in [0.1, 0.15) is 0 Å². The second-order valence-electron chi connectivity index (χ2n) is 2.67. The molecule has 0 aromatic heterocycles. The Labute approximate surface area is 74.2 Å². The minimum Gasteiger partial charge on any atom is -0.394 e. The van der Waals surface area contributed by atoms with E-state index in [1.54, 1.807) is 0 Å². The summed E-state index contributed by atoms with van der Waals surface area (Å²) in [6.07, 6.45) is -4.89. The average molecular weight is 199 g/mol. The second kappa shape index (κ2) is 3.87. The molecule has 4 N–H and O–H groups in total. The Bertz CT molecular complexity index is 150. The van der Waals surface area contributed by atoms with Crippen LogP contribution in [0.2, 0.25) is 0 Å². The number of hydrogen-bond donors (Lipinski definition) is 4. The van der Waals surface area contributed by atoms with Crippen molar-refractivity contribution in [2.45, 2.75) is 30.0 Å². The zero-order valence-corrected chi connectivity index (χ0v) is 6.92. The zero-order chi connectivity index (χ0) is 9.30. The maximum atomic E-state index is 9.20. The third-order valence-corrected chi connectivity index (χ3v) is 2.30. The van der Waals surface area contributed by atoms with Gasteiger partial charge in [-0.1, -0.05) is 0 Å². The molecule has 5 atom stereocenters.